The molecule has 1 aromatic rings. The molecule has 0 unspecified atom stereocenters. The Kier molecular flexibility index (Phi) is 6.35. The Hall–Kier alpha value is -1.90. The first-order valence-corrected chi connectivity index (χ1v) is 7.54. The zero-order chi connectivity index (χ0) is 16.0. The van der Waals surface area contributed by atoms with Gasteiger partial charge in [0.2, 0.25) is 0 Å². The number of rotatable bonds is 7. The largest absolute Gasteiger partial charge is 0.393 e. The third-order valence-corrected chi connectivity index (χ3v) is 3.58. The molecule has 0 aromatic heterocycles. The van der Waals surface area contributed by atoms with E-state index < -0.39 is 0 Å². The van der Waals surface area contributed by atoms with E-state index in [9.17, 15) is 0 Å². The van der Waals surface area contributed by atoms with Gasteiger partial charge in [0.15, 0.2) is 0 Å². The van der Waals surface area contributed by atoms with Crippen molar-refractivity contribution in [1.82, 2.24) is 10.6 Å². The van der Waals surface area contributed by atoms with E-state index in [4.69, 9.17) is 0 Å². The molecule has 0 amide bonds. The molecular formula is C18H29N3. The number of nitrogens with zero attached hydrogens (tertiary/aromatic N) is 1. The summed E-state index contributed by atoms with van der Waals surface area (Å²) >= 11 is 0. The zero-order valence-electron chi connectivity index (χ0n) is 14.2. The van der Waals surface area contributed by atoms with Gasteiger partial charge in [0.1, 0.15) is 5.82 Å². The van der Waals surface area contributed by atoms with Gasteiger partial charge in [-0.05, 0) is 23.0 Å². The second-order valence-corrected chi connectivity index (χ2v) is 5.87. The van der Waals surface area contributed by atoms with Crippen molar-refractivity contribution in [3.63, 3.8) is 0 Å². The topological polar surface area (TPSA) is 27.3 Å². The van der Waals surface area contributed by atoms with Gasteiger partial charge < -0.3 is 15.5 Å². The van der Waals surface area contributed by atoms with Crippen LogP contribution in [0.15, 0.2) is 43.0 Å². The van der Waals surface area contributed by atoms with Gasteiger partial charge in [0.25, 0.3) is 0 Å². The molecule has 3 heteroatoms. The molecule has 0 bridgehead atoms. The molecule has 0 fully saturated rings. The molecular weight excluding hydrogens is 258 g/mol. The highest BCUT2D eigenvalue weighted by Gasteiger charge is 2.18. The number of para-hydroxylation sites is 1. The SMILES string of the molecule is C=C(N/C=C\NC)N(C)c1c(C(C)C)cccc1C(C)C. The van der Waals surface area contributed by atoms with Crippen LogP contribution in [-0.2, 0) is 0 Å². The molecule has 0 aliphatic carbocycles. The summed E-state index contributed by atoms with van der Waals surface area (Å²) in [4.78, 5) is 2.14. The number of hydrogen-bond acceptors (Lipinski definition) is 3. The van der Waals surface area contributed by atoms with Crippen LogP contribution < -0.4 is 15.5 Å². The van der Waals surface area contributed by atoms with Crippen molar-refractivity contribution < 1.29 is 0 Å². The second-order valence-electron chi connectivity index (χ2n) is 5.87. The molecule has 0 spiro atoms. The highest BCUT2D eigenvalue weighted by molar-refractivity contribution is 5.64. The van der Waals surface area contributed by atoms with Crippen LogP contribution in [0.2, 0.25) is 0 Å². The molecule has 0 saturated heterocycles. The zero-order valence-corrected chi connectivity index (χ0v) is 14.2. The Morgan fingerprint density at radius 3 is 2.05 bits per heavy atom. The van der Waals surface area contributed by atoms with Crippen molar-refractivity contribution >= 4 is 5.69 Å². The molecule has 0 aliphatic heterocycles. The van der Waals surface area contributed by atoms with E-state index in [1.54, 1.807) is 0 Å². The van der Waals surface area contributed by atoms with Crippen molar-refractivity contribution in [3.8, 4) is 0 Å². The number of anilines is 1. The van der Waals surface area contributed by atoms with E-state index in [0.717, 1.165) is 5.82 Å². The van der Waals surface area contributed by atoms with Gasteiger partial charge in [-0.3, -0.25) is 0 Å². The fourth-order valence-electron chi connectivity index (χ4n) is 2.35. The Labute approximate surface area is 129 Å². The Balaban J connectivity index is 3.19. The van der Waals surface area contributed by atoms with Gasteiger partial charge in [-0.25, -0.2) is 0 Å². The highest BCUT2D eigenvalue weighted by Crippen LogP contribution is 2.35. The first-order chi connectivity index (χ1) is 9.90. The first-order valence-electron chi connectivity index (χ1n) is 7.54. The van der Waals surface area contributed by atoms with Crippen LogP contribution in [0.3, 0.4) is 0 Å². The third kappa shape index (κ3) is 4.28. The summed E-state index contributed by atoms with van der Waals surface area (Å²) in [7, 11) is 3.94. The van der Waals surface area contributed by atoms with Gasteiger partial charge >= 0.3 is 0 Å². The number of hydrogen-bond donors (Lipinski definition) is 2. The van der Waals surface area contributed by atoms with Crippen LogP contribution >= 0.6 is 0 Å². The van der Waals surface area contributed by atoms with Gasteiger partial charge in [-0.2, -0.15) is 0 Å². The monoisotopic (exact) mass is 287 g/mol. The molecule has 2 N–H and O–H groups in total. The lowest BCUT2D eigenvalue weighted by atomic mass is 9.92. The standard InChI is InChI=1S/C18H29N3/c1-13(2)16-9-8-10-17(14(3)4)18(16)21(7)15(5)20-12-11-19-6/h8-14,19-20H,5H2,1-4,6-7H3/b12-11-. The van der Waals surface area contributed by atoms with Gasteiger partial charge in [0, 0.05) is 32.2 Å². The summed E-state index contributed by atoms with van der Waals surface area (Å²) in [5.74, 6) is 1.81. The molecule has 1 aromatic carbocycles. The van der Waals surface area contributed by atoms with Gasteiger partial charge in [-0.15, -0.1) is 0 Å². The molecule has 1 rings (SSSR count). The predicted molar refractivity (Wildman–Crippen MR) is 93.5 cm³/mol. The lowest BCUT2D eigenvalue weighted by molar-refractivity contribution is 0.813. The summed E-state index contributed by atoms with van der Waals surface area (Å²) in [6, 6.07) is 6.57. The first kappa shape index (κ1) is 17.2. The van der Waals surface area contributed by atoms with Crippen LogP contribution in [0.1, 0.15) is 50.7 Å². The van der Waals surface area contributed by atoms with E-state index >= 15 is 0 Å². The minimum Gasteiger partial charge on any atom is -0.393 e. The molecule has 116 valence electrons. The second kappa shape index (κ2) is 7.77. The Morgan fingerprint density at radius 1 is 1.10 bits per heavy atom. The summed E-state index contributed by atoms with van der Waals surface area (Å²) < 4.78 is 0. The molecule has 0 atom stereocenters. The van der Waals surface area contributed by atoms with Gasteiger partial charge in [0.05, 0.1) is 0 Å². The van der Waals surface area contributed by atoms with Crippen molar-refractivity contribution in [2.75, 3.05) is 19.0 Å². The average molecular weight is 287 g/mol. The number of nitrogens with one attached hydrogen (secondary N) is 2. The minimum atomic E-state index is 0.474. The maximum atomic E-state index is 4.14. The van der Waals surface area contributed by atoms with Crippen LogP contribution in [0.5, 0.6) is 0 Å². The Morgan fingerprint density at radius 2 is 1.62 bits per heavy atom. The lowest BCUT2D eigenvalue weighted by Gasteiger charge is -2.29. The lowest BCUT2D eigenvalue weighted by Crippen LogP contribution is -2.27. The van der Waals surface area contributed by atoms with Crippen LogP contribution in [0, 0.1) is 0 Å². The summed E-state index contributed by atoms with van der Waals surface area (Å²) in [5.41, 5.74) is 3.96. The molecule has 3 nitrogen and oxygen atoms in total. The predicted octanol–water partition coefficient (Wildman–Crippen LogP) is 4.12. The van der Waals surface area contributed by atoms with E-state index in [1.807, 2.05) is 19.4 Å². The van der Waals surface area contributed by atoms with Crippen molar-refractivity contribution in [2.24, 2.45) is 0 Å². The van der Waals surface area contributed by atoms with Crippen LogP contribution in [0.25, 0.3) is 0 Å². The molecule has 21 heavy (non-hydrogen) atoms. The molecule has 0 heterocycles. The van der Waals surface area contributed by atoms with E-state index in [0.29, 0.717) is 11.8 Å². The maximum Gasteiger partial charge on any atom is 0.102 e. The third-order valence-electron chi connectivity index (χ3n) is 3.58. The van der Waals surface area contributed by atoms with Crippen molar-refractivity contribution in [3.05, 3.63) is 54.1 Å². The summed E-state index contributed by atoms with van der Waals surface area (Å²) in [6.45, 7) is 13.1. The Bertz CT molecular complexity index is 475. The average Bonchev–Trinajstić information content (AvgIpc) is 2.45. The molecule has 0 radical (unpaired) electrons. The smallest absolute Gasteiger partial charge is 0.102 e. The van der Waals surface area contributed by atoms with Crippen LogP contribution in [-0.4, -0.2) is 14.1 Å². The molecule has 0 saturated carbocycles. The highest BCUT2D eigenvalue weighted by atomic mass is 15.2. The maximum absolute atomic E-state index is 4.14. The van der Waals surface area contributed by atoms with Crippen molar-refractivity contribution in [2.45, 2.75) is 39.5 Å². The summed E-state index contributed by atoms with van der Waals surface area (Å²) in [6.07, 6.45) is 3.70. The van der Waals surface area contributed by atoms with E-state index in [-0.39, 0.29) is 0 Å². The minimum absolute atomic E-state index is 0.474. The molecule has 0 aliphatic rings. The normalized spacial score (nSPS) is 11.2. The van der Waals surface area contributed by atoms with E-state index in [1.165, 1.54) is 16.8 Å². The van der Waals surface area contributed by atoms with Gasteiger partial charge in [-0.1, -0.05) is 52.5 Å². The fraction of sp³-hybridized carbons (Fsp3) is 0.444. The number of benzene rings is 1. The van der Waals surface area contributed by atoms with E-state index in [2.05, 4.69) is 75.1 Å². The fourth-order valence-corrected chi connectivity index (χ4v) is 2.35. The quantitative estimate of drug-likeness (QED) is 0.790. The van der Waals surface area contributed by atoms with Crippen molar-refractivity contribution in [1.29, 1.82) is 0 Å². The summed E-state index contributed by atoms with van der Waals surface area (Å²) in [5, 5.41) is 6.16. The van der Waals surface area contributed by atoms with Crippen LogP contribution in [0.4, 0.5) is 5.69 Å².